The molecule has 1 atom stereocenters. The summed E-state index contributed by atoms with van der Waals surface area (Å²) in [5, 5.41) is 0.175. The summed E-state index contributed by atoms with van der Waals surface area (Å²) in [6.45, 7) is 13.2. The molecular weight excluding hydrogens is 429 g/mol. The Morgan fingerprint density at radius 2 is 1.88 bits per heavy atom. The second kappa shape index (κ2) is 9.51. The van der Waals surface area contributed by atoms with Crippen molar-refractivity contribution in [3.63, 3.8) is 0 Å². The van der Waals surface area contributed by atoms with Gasteiger partial charge in [-0.2, -0.15) is 0 Å². The van der Waals surface area contributed by atoms with Crippen molar-refractivity contribution in [3.05, 3.63) is 29.6 Å². The summed E-state index contributed by atoms with van der Waals surface area (Å²) < 4.78 is 31.6. The van der Waals surface area contributed by atoms with Crippen LogP contribution in [0.1, 0.15) is 64.9 Å². The van der Waals surface area contributed by atoms with Gasteiger partial charge in [0.15, 0.2) is 8.32 Å². The third kappa shape index (κ3) is 5.34. The van der Waals surface area contributed by atoms with E-state index in [1.54, 1.807) is 19.1 Å². The second-order valence-electron chi connectivity index (χ2n) is 10.3. The van der Waals surface area contributed by atoms with Crippen molar-refractivity contribution < 1.29 is 27.9 Å². The van der Waals surface area contributed by atoms with Crippen LogP contribution in [-0.2, 0) is 18.7 Å². The van der Waals surface area contributed by atoms with E-state index in [0.717, 1.165) is 25.7 Å². The monoisotopic (exact) mass is 465 g/mol. The third-order valence-electron chi connectivity index (χ3n) is 7.04. The highest BCUT2D eigenvalue weighted by Crippen LogP contribution is 2.42. The van der Waals surface area contributed by atoms with Gasteiger partial charge in [0, 0.05) is 6.10 Å². The summed E-state index contributed by atoms with van der Waals surface area (Å²) in [4.78, 5) is 25.3. The minimum absolute atomic E-state index is 0.0202. The minimum Gasteiger partial charge on any atom is -0.463 e. The van der Waals surface area contributed by atoms with Crippen LogP contribution >= 0.6 is 0 Å². The van der Waals surface area contributed by atoms with Gasteiger partial charge in [-0.25, -0.2) is 14.0 Å². The van der Waals surface area contributed by atoms with Crippen LogP contribution in [0.5, 0.6) is 0 Å². The second-order valence-corrected chi connectivity index (χ2v) is 15.0. The molecule has 3 rings (SSSR count). The predicted molar refractivity (Wildman–Crippen MR) is 124 cm³/mol. The average molecular weight is 466 g/mol. The lowest BCUT2D eigenvalue weighted by atomic mass is 9.82. The molecule has 6 nitrogen and oxygen atoms in total. The molecule has 1 saturated carbocycles. The Balaban J connectivity index is 1.62. The topological polar surface area (TPSA) is 65.1 Å². The Morgan fingerprint density at radius 3 is 2.44 bits per heavy atom. The normalized spacial score (nSPS) is 24.4. The zero-order valence-electron chi connectivity index (χ0n) is 20.1. The van der Waals surface area contributed by atoms with E-state index in [1.165, 1.54) is 11.0 Å². The summed E-state index contributed by atoms with van der Waals surface area (Å²) in [6.07, 6.45) is 2.21. The first-order chi connectivity index (χ1) is 14.9. The van der Waals surface area contributed by atoms with Crippen LogP contribution in [0, 0.1) is 5.82 Å². The molecule has 1 heterocycles. The van der Waals surface area contributed by atoms with Gasteiger partial charge in [-0.15, -0.1) is 0 Å². The molecule has 0 N–H and O–H groups in total. The fourth-order valence-electron chi connectivity index (χ4n) is 4.13. The summed E-state index contributed by atoms with van der Waals surface area (Å²) in [5.74, 6) is -0.776. The van der Waals surface area contributed by atoms with Gasteiger partial charge in [0.1, 0.15) is 5.82 Å². The van der Waals surface area contributed by atoms with Gasteiger partial charge in [0.25, 0.3) is 0 Å². The number of esters is 1. The van der Waals surface area contributed by atoms with Gasteiger partial charge in [-0.05, 0) is 74.4 Å². The molecule has 2 aliphatic rings. The van der Waals surface area contributed by atoms with E-state index < -0.39 is 26.5 Å². The van der Waals surface area contributed by atoms with E-state index in [1.807, 2.05) is 0 Å². The lowest BCUT2D eigenvalue weighted by Gasteiger charge is -2.41. The maximum absolute atomic E-state index is 15.0. The molecule has 1 saturated heterocycles. The average Bonchev–Trinajstić information content (AvgIpc) is 3.09. The molecule has 0 radical (unpaired) electrons. The van der Waals surface area contributed by atoms with Crippen molar-refractivity contribution in [2.45, 2.75) is 89.6 Å². The predicted octanol–water partition coefficient (Wildman–Crippen LogP) is 5.76. The SMILES string of the molecule is CCOC(=O)[C@H]1CN(c2ccc(C3CCC(O[Si](C)(C)C(C)(C)C)CC3)c(F)c2)C(=O)O1. The Labute approximate surface area is 191 Å². The quantitative estimate of drug-likeness (QED) is 0.395. The lowest BCUT2D eigenvalue weighted by Crippen LogP contribution is -2.44. The number of hydrogen-bond acceptors (Lipinski definition) is 5. The van der Waals surface area contributed by atoms with E-state index in [-0.39, 0.29) is 36.0 Å². The maximum atomic E-state index is 15.0. The number of ether oxygens (including phenoxy) is 2. The number of carbonyl (C=O) groups is 2. The van der Waals surface area contributed by atoms with E-state index in [2.05, 4.69) is 33.9 Å². The molecule has 1 aliphatic heterocycles. The molecule has 8 heteroatoms. The van der Waals surface area contributed by atoms with Crippen molar-refractivity contribution in [1.29, 1.82) is 0 Å². The number of hydrogen-bond donors (Lipinski definition) is 0. The largest absolute Gasteiger partial charge is 0.463 e. The van der Waals surface area contributed by atoms with E-state index in [4.69, 9.17) is 13.9 Å². The highest BCUT2D eigenvalue weighted by Gasteiger charge is 2.40. The fourth-order valence-corrected chi connectivity index (χ4v) is 5.55. The smallest absolute Gasteiger partial charge is 0.415 e. The Kier molecular flexibility index (Phi) is 7.34. The molecule has 2 fully saturated rings. The van der Waals surface area contributed by atoms with Crippen LogP contribution in [0.2, 0.25) is 18.1 Å². The number of cyclic esters (lactones) is 1. The standard InChI is InChI=1S/C24H36FNO5Si/c1-7-29-22(27)21-15-26(23(28)30-21)17-10-13-19(20(25)14-17)16-8-11-18(12-9-16)31-32(5,6)24(2,3)4/h10,13-14,16,18,21H,7-9,11-12,15H2,1-6H3/t16?,18?,21-/m1/s1. The van der Waals surface area contributed by atoms with E-state index in [0.29, 0.717) is 11.3 Å². The minimum atomic E-state index is -1.81. The van der Waals surface area contributed by atoms with Crippen molar-refractivity contribution in [1.82, 2.24) is 0 Å². The Morgan fingerprint density at radius 1 is 1.22 bits per heavy atom. The zero-order valence-corrected chi connectivity index (χ0v) is 21.1. The summed E-state index contributed by atoms with van der Waals surface area (Å²) in [5.41, 5.74) is 1.06. The van der Waals surface area contributed by atoms with Crippen molar-refractivity contribution >= 4 is 26.1 Å². The van der Waals surface area contributed by atoms with Crippen LogP contribution in [0.15, 0.2) is 18.2 Å². The molecular formula is C24H36FNO5Si. The van der Waals surface area contributed by atoms with Gasteiger partial charge in [0.05, 0.1) is 18.8 Å². The zero-order chi connectivity index (χ0) is 23.7. The van der Waals surface area contributed by atoms with Crippen molar-refractivity contribution in [2.24, 2.45) is 0 Å². The highest BCUT2D eigenvalue weighted by molar-refractivity contribution is 6.74. The van der Waals surface area contributed by atoms with Crippen LogP contribution in [0.25, 0.3) is 0 Å². The van der Waals surface area contributed by atoms with Gasteiger partial charge in [-0.1, -0.05) is 26.8 Å². The fraction of sp³-hybridized carbons (Fsp3) is 0.667. The van der Waals surface area contributed by atoms with Crippen molar-refractivity contribution in [2.75, 3.05) is 18.1 Å². The molecule has 1 aromatic carbocycles. The van der Waals surface area contributed by atoms with Gasteiger partial charge >= 0.3 is 12.1 Å². The van der Waals surface area contributed by atoms with Crippen LogP contribution < -0.4 is 4.90 Å². The first-order valence-corrected chi connectivity index (χ1v) is 14.5. The molecule has 0 spiro atoms. The van der Waals surface area contributed by atoms with Crippen LogP contribution in [0.4, 0.5) is 14.9 Å². The molecule has 1 amide bonds. The van der Waals surface area contributed by atoms with E-state index >= 15 is 4.39 Å². The van der Waals surface area contributed by atoms with Crippen molar-refractivity contribution in [3.8, 4) is 0 Å². The molecule has 32 heavy (non-hydrogen) atoms. The van der Waals surface area contributed by atoms with E-state index in [9.17, 15) is 9.59 Å². The molecule has 0 bridgehead atoms. The number of rotatable bonds is 6. The molecule has 178 valence electrons. The number of anilines is 1. The first-order valence-electron chi connectivity index (χ1n) is 11.5. The summed E-state index contributed by atoms with van der Waals surface area (Å²) in [7, 11) is -1.81. The van der Waals surface area contributed by atoms with Gasteiger partial charge in [0.2, 0.25) is 6.10 Å². The number of halogens is 1. The summed E-state index contributed by atoms with van der Waals surface area (Å²) >= 11 is 0. The number of benzene rings is 1. The Bertz CT molecular complexity index is 845. The molecule has 0 unspecified atom stereocenters. The number of amides is 1. The van der Waals surface area contributed by atoms with Crippen LogP contribution in [-0.4, -0.2) is 45.7 Å². The number of nitrogens with zero attached hydrogens (tertiary/aromatic N) is 1. The third-order valence-corrected chi connectivity index (χ3v) is 11.6. The van der Waals surface area contributed by atoms with Gasteiger partial charge in [-0.3, -0.25) is 4.90 Å². The lowest BCUT2D eigenvalue weighted by molar-refractivity contribution is -0.151. The maximum Gasteiger partial charge on any atom is 0.415 e. The molecule has 1 aliphatic carbocycles. The first kappa shape index (κ1) is 24.7. The van der Waals surface area contributed by atoms with Gasteiger partial charge < -0.3 is 13.9 Å². The Hall–Kier alpha value is -1.93. The molecule has 1 aromatic rings. The summed E-state index contributed by atoms with van der Waals surface area (Å²) in [6, 6.07) is 4.85. The molecule has 0 aromatic heterocycles. The van der Waals surface area contributed by atoms with Crippen LogP contribution in [0.3, 0.4) is 0 Å². The highest BCUT2D eigenvalue weighted by atomic mass is 28.4. The number of carbonyl (C=O) groups excluding carboxylic acids is 2.